The molecule has 0 aromatic heterocycles. The number of rotatable bonds is 4. The molecule has 0 bridgehead atoms. The summed E-state index contributed by atoms with van der Waals surface area (Å²) >= 11 is 1.26. The quantitative estimate of drug-likeness (QED) is 0.673. The van der Waals surface area contributed by atoms with E-state index in [9.17, 15) is 13.6 Å². The molecule has 2 rings (SSSR count). The molecule has 0 saturated heterocycles. The first-order valence-corrected chi connectivity index (χ1v) is 7.83. The summed E-state index contributed by atoms with van der Waals surface area (Å²) < 4.78 is 26.4. The zero-order chi connectivity index (χ0) is 14.7. The van der Waals surface area contributed by atoms with Crippen LogP contribution in [0.3, 0.4) is 0 Å². The Morgan fingerprint density at radius 1 is 1.30 bits per heavy atom. The molecule has 106 valence electrons. The van der Waals surface area contributed by atoms with Crippen LogP contribution in [0.25, 0.3) is 10.8 Å². The molecular weight excluding hydrogens is 344 g/mol. The lowest BCUT2D eigenvalue weighted by Gasteiger charge is -2.13. The van der Waals surface area contributed by atoms with Crippen LogP contribution in [0.5, 0.6) is 0 Å². The Morgan fingerprint density at radius 2 is 1.95 bits per heavy atom. The van der Waals surface area contributed by atoms with Gasteiger partial charge in [0.1, 0.15) is 0 Å². The van der Waals surface area contributed by atoms with Gasteiger partial charge in [-0.3, -0.25) is 4.79 Å². The van der Waals surface area contributed by atoms with Gasteiger partial charge in [-0.05, 0) is 34.5 Å². The molecule has 20 heavy (non-hydrogen) atoms. The van der Waals surface area contributed by atoms with Gasteiger partial charge in [0, 0.05) is 4.47 Å². The van der Waals surface area contributed by atoms with E-state index in [0.717, 1.165) is 15.2 Å². The van der Waals surface area contributed by atoms with Crippen molar-refractivity contribution in [3.05, 3.63) is 46.4 Å². The van der Waals surface area contributed by atoms with Gasteiger partial charge >= 0.3 is 5.97 Å². The number of hydrogen-bond donors (Lipinski definition) is 1. The third kappa shape index (κ3) is 3.45. The van der Waals surface area contributed by atoms with E-state index in [0.29, 0.717) is 5.56 Å². The first kappa shape index (κ1) is 15.2. The van der Waals surface area contributed by atoms with Crippen molar-refractivity contribution in [1.29, 1.82) is 0 Å². The summed E-state index contributed by atoms with van der Waals surface area (Å²) in [5.41, 5.74) is 0.644. The molecule has 2 aromatic rings. The Hall–Kier alpha value is -1.24. The molecule has 0 spiro atoms. The van der Waals surface area contributed by atoms with Crippen LogP contribution in [0.4, 0.5) is 0 Å². The van der Waals surface area contributed by atoms with Crippen LogP contribution in [0.1, 0.15) is 17.2 Å². The molecular formula is C14H13BrO4S. The van der Waals surface area contributed by atoms with Gasteiger partial charge < -0.3 is 9.29 Å². The van der Waals surface area contributed by atoms with Crippen LogP contribution in [0.15, 0.2) is 40.9 Å². The number of hydrogen-bond acceptors (Lipinski definition) is 3. The first-order valence-electron chi connectivity index (χ1n) is 5.87. The molecule has 0 fully saturated rings. The Balaban J connectivity index is 2.40. The lowest BCUT2D eigenvalue weighted by molar-refractivity contribution is -0.140. The van der Waals surface area contributed by atoms with Gasteiger partial charge in [-0.15, -0.1) is 0 Å². The van der Waals surface area contributed by atoms with E-state index in [1.807, 2.05) is 30.3 Å². The van der Waals surface area contributed by atoms with Crippen molar-refractivity contribution in [3.63, 3.8) is 0 Å². The monoisotopic (exact) mass is 356 g/mol. The third-order valence-electron chi connectivity index (χ3n) is 3.02. The van der Waals surface area contributed by atoms with Gasteiger partial charge in [0.05, 0.1) is 18.8 Å². The van der Waals surface area contributed by atoms with Gasteiger partial charge in [0.15, 0.2) is 11.1 Å². The second-order valence-corrected chi connectivity index (χ2v) is 6.33. The average molecular weight is 357 g/mol. The molecule has 2 aromatic carbocycles. The Labute approximate surface area is 127 Å². The molecule has 0 aliphatic heterocycles. The highest BCUT2D eigenvalue weighted by Gasteiger charge is 2.22. The van der Waals surface area contributed by atoms with Gasteiger partial charge in [0.25, 0.3) is 0 Å². The zero-order valence-corrected chi connectivity index (χ0v) is 13.1. The number of fused-ring (bicyclic) bond motifs is 1. The van der Waals surface area contributed by atoms with Crippen molar-refractivity contribution in [2.75, 3.05) is 7.11 Å². The van der Waals surface area contributed by atoms with E-state index in [1.54, 1.807) is 6.07 Å². The van der Waals surface area contributed by atoms with Crippen molar-refractivity contribution in [1.82, 2.24) is 0 Å². The minimum absolute atomic E-state index is 0.123. The molecule has 6 heteroatoms. The summed E-state index contributed by atoms with van der Waals surface area (Å²) in [7, 11) is 1.26. The van der Waals surface area contributed by atoms with Crippen LogP contribution >= 0.6 is 15.9 Å². The lowest BCUT2D eigenvalue weighted by Crippen LogP contribution is -2.12. The van der Waals surface area contributed by atoms with E-state index in [1.165, 1.54) is 7.11 Å². The zero-order valence-electron chi connectivity index (χ0n) is 10.7. The average Bonchev–Trinajstić information content (AvgIpc) is 2.43. The van der Waals surface area contributed by atoms with Crippen molar-refractivity contribution in [2.24, 2.45) is 0 Å². The maximum Gasteiger partial charge on any atom is 0.307 e. The van der Waals surface area contributed by atoms with Crippen LogP contribution in [-0.2, 0) is 20.6 Å². The minimum atomic E-state index is -2.13. The summed E-state index contributed by atoms with van der Waals surface area (Å²) in [6.07, 6.45) is -0.123. The van der Waals surface area contributed by atoms with Crippen LogP contribution in [0, 0.1) is 0 Å². The fourth-order valence-corrected chi connectivity index (χ4v) is 3.01. The van der Waals surface area contributed by atoms with Crippen LogP contribution < -0.4 is 0 Å². The molecule has 0 aliphatic carbocycles. The maximum absolute atomic E-state index is 11.4. The largest absolute Gasteiger partial charge is 0.469 e. The molecule has 0 aliphatic rings. The predicted molar refractivity (Wildman–Crippen MR) is 81.8 cm³/mol. The third-order valence-corrected chi connectivity index (χ3v) is 4.44. The van der Waals surface area contributed by atoms with E-state index in [2.05, 4.69) is 20.7 Å². The Bertz CT molecular complexity index is 671. The molecule has 4 nitrogen and oxygen atoms in total. The highest BCUT2D eigenvalue weighted by molar-refractivity contribution is 9.10. The number of benzene rings is 2. The molecule has 1 N–H and O–H groups in total. The second kappa shape index (κ2) is 6.47. The summed E-state index contributed by atoms with van der Waals surface area (Å²) in [4.78, 5) is 11.3. The highest BCUT2D eigenvalue weighted by Crippen LogP contribution is 2.28. The molecule has 0 saturated carbocycles. The number of carbonyl (C=O) groups excluding carboxylic acids is 1. The Morgan fingerprint density at radius 3 is 2.60 bits per heavy atom. The van der Waals surface area contributed by atoms with Crippen molar-refractivity contribution in [3.8, 4) is 0 Å². The van der Waals surface area contributed by atoms with Crippen molar-refractivity contribution < 1.29 is 18.3 Å². The molecule has 0 heterocycles. The summed E-state index contributed by atoms with van der Waals surface area (Å²) in [6, 6.07) is 11.2. The standard InChI is InChI=1S/C14H13BrO4S/c1-19-14(16)8-13(20(17)18)11-3-2-10-7-12(15)5-4-9(10)6-11/h2-7,13H,8H2,1H3,(H,17,18). The van der Waals surface area contributed by atoms with Gasteiger partial charge in [0.2, 0.25) is 0 Å². The topological polar surface area (TPSA) is 63.6 Å². The Kier molecular flexibility index (Phi) is 4.91. The van der Waals surface area contributed by atoms with E-state index < -0.39 is 22.3 Å². The van der Waals surface area contributed by atoms with E-state index in [-0.39, 0.29) is 6.42 Å². The van der Waals surface area contributed by atoms with Crippen LogP contribution in [-0.4, -0.2) is 21.8 Å². The number of ether oxygens (including phenoxy) is 1. The first-order chi connectivity index (χ1) is 9.51. The predicted octanol–water partition coefficient (Wildman–Crippen LogP) is 3.43. The summed E-state index contributed by atoms with van der Waals surface area (Å²) in [5.74, 6) is -0.506. The van der Waals surface area contributed by atoms with Gasteiger partial charge in [-0.2, -0.15) is 0 Å². The van der Waals surface area contributed by atoms with Crippen molar-refractivity contribution in [2.45, 2.75) is 11.7 Å². The molecule has 2 atom stereocenters. The molecule has 2 unspecified atom stereocenters. The van der Waals surface area contributed by atoms with Crippen molar-refractivity contribution >= 4 is 43.8 Å². The summed E-state index contributed by atoms with van der Waals surface area (Å²) in [6.45, 7) is 0. The number of halogens is 1. The van der Waals surface area contributed by atoms with Gasteiger partial charge in [-0.1, -0.05) is 34.1 Å². The molecule has 0 radical (unpaired) electrons. The normalized spacial score (nSPS) is 13.9. The summed E-state index contributed by atoms with van der Waals surface area (Å²) in [5, 5.41) is 1.19. The fraction of sp³-hybridized carbons (Fsp3) is 0.214. The fourth-order valence-electron chi connectivity index (χ4n) is 1.98. The smallest absolute Gasteiger partial charge is 0.307 e. The van der Waals surface area contributed by atoms with Gasteiger partial charge in [-0.25, -0.2) is 4.21 Å². The number of carbonyl (C=O) groups is 1. The highest BCUT2D eigenvalue weighted by atomic mass is 79.9. The molecule has 0 amide bonds. The minimum Gasteiger partial charge on any atom is -0.469 e. The second-order valence-electron chi connectivity index (χ2n) is 4.30. The SMILES string of the molecule is COC(=O)CC(c1ccc2cc(Br)ccc2c1)S(=O)O. The maximum atomic E-state index is 11.4. The van der Waals surface area contributed by atoms with E-state index in [4.69, 9.17) is 0 Å². The lowest BCUT2D eigenvalue weighted by atomic mass is 10.0. The number of methoxy groups -OCH3 is 1. The van der Waals surface area contributed by atoms with Crippen LogP contribution in [0.2, 0.25) is 0 Å². The number of esters is 1. The van der Waals surface area contributed by atoms with E-state index >= 15 is 0 Å².